The van der Waals surface area contributed by atoms with Crippen LogP contribution < -0.4 is 5.32 Å². The fourth-order valence-electron chi connectivity index (χ4n) is 2.05. The Morgan fingerprint density at radius 2 is 2.00 bits per heavy atom. The molecule has 1 N–H and O–H groups in total. The average molecular weight is 343 g/mol. The number of hydrogen-bond acceptors (Lipinski definition) is 4. The smallest absolute Gasteiger partial charge is 0.331 e. The highest BCUT2D eigenvalue weighted by atomic mass is 32.1. The van der Waals surface area contributed by atoms with Crippen molar-refractivity contribution in [3.8, 4) is 0 Å². The number of hydrogen-bond donors (Lipinski definition) is 1. The second kappa shape index (κ2) is 9.03. The van der Waals surface area contributed by atoms with E-state index in [1.54, 1.807) is 17.4 Å². The Morgan fingerprint density at radius 1 is 1.25 bits per heavy atom. The third kappa shape index (κ3) is 5.66. The molecule has 1 atom stereocenters. The number of benzene rings is 1. The maximum Gasteiger partial charge on any atom is 0.331 e. The summed E-state index contributed by atoms with van der Waals surface area (Å²) in [6, 6.07) is 9.61. The second-order valence-corrected chi connectivity index (χ2v) is 6.26. The van der Waals surface area contributed by atoms with Crippen molar-refractivity contribution in [1.29, 1.82) is 0 Å². The molecule has 0 aliphatic heterocycles. The first-order valence-corrected chi connectivity index (χ1v) is 8.79. The summed E-state index contributed by atoms with van der Waals surface area (Å²) in [5.74, 6) is -0.405. The van der Waals surface area contributed by atoms with E-state index in [0.717, 1.165) is 12.0 Å². The zero-order valence-corrected chi connectivity index (χ0v) is 14.6. The van der Waals surface area contributed by atoms with E-state index < -0.39 is 5.97 Å². The van der Waals surface area contributed by atoms with Gasteiger partial charge in [-0.3, -0.25) is 4.79 Å². The van der Waals surface area contributed by atoms with E-state index in [1.807, 2.05) is 41.1 Å². The average Bonchev–Trinajstić information content (AvgIpc) is 3.11. The summed E-state index contributed by atoms with van der Waals surface area (Å²) in [5, 5.41) is 6.55. The Kier molecular flexibility index (Phi) is 6.75. The van der Waals surface area contributed by atoms with Crippen molar-refractivity contribution in [3.05, 3.63) is 58.3 Å². The minimum Gasteiger partial charge on any atom is -0.452 e. The molecule has 1 aromatic heterocycles. The summed E-state index contributed by atoms with van der Waals surface area (Å²) in [4.78, 5) is 23.4. The van der Waals surface area contributed by atoms with E-state index in [1.165, 1.54) is 11.6 Å². The van der Waals surface area contributed by atoms with Crippen LogP contribution in [0.25, 0.3) is 6.08 Å². The number of amides is 1. The Balaban J connectivity index is 1.77. The van der Waals surface area contributed by atoms with Crippen LogP contribution in [0.4, 0.5) is 5.69 Å². The largest absolute Gasteiger partial charge is 0.452 e. The molecule has 0 bridgehead atoms. The Bertz CT molecular complexity index is 690. The predicted molar refractivity (Wildman–Crippen MR) is 98.1 cm³/mol. The van der Waals surface area contributed by atoms with Gasteiger partial charge in [0.1, 0.15) is 0 Å². The Labute approximate surface area is 146 Å². The fourth-order valence-corrected chi connectivity index (χ4v) is 2.68. The topological polar surface area (TPSA) is 55.4 Å². The molecule has 4 nitrogen and oxygen atoms in total. The summed E-state index contributed by atoms with van der Waals surface area (Å²) >= 11 is 1.55. The van der Waals surface area contributed by atoms with E-state index >= 15 is 0 Å². The lowest BCUT2D eigenvalue weighted by Crippen LogP contribution is -2.20. The molecule has 0 aliphatic carbocycles. The molecule has 0 saturated heterocycles. The fraction of sp³-hybridized carbons (Fsp3) is 0.263. The molecule has 24 heavy (non-hydrogen) atoms. The van der Waals surface area contributed by atoms with Gasteiger partial charge in [-0.25, -0.2) is 4.79 Å². The van der Waals surface area contributed by atoms with Gasteiger partial charge in [-0.15, -0.1) is 0 Å². The van der Waals surface area contributed by atoms with Crippen molar-refractivity contribution in [1.82, 2.24) is 0 Å². The van der Waals surface area contributed by atoms with Crippen molar-refractivity contribution >= 4 is 35.0 Å². The highest BCUT2D eigenvalue weighted by molar-refractivity contribution is 7.08. The van der Waals surface area contributed by atoms with Crippen molar-refractivity contribution in [3.63, 3.8) is 0 Å². The number of carbonyl (C=O) groups is 2. The van der Waals surface area contributed by atoms with Crippen molar-refractivity contribution in [2.24, 2.45) is 0 Å². The van der Waals surface area contributed by atoms with Crippen LogP contribution in [-0.2, 0) is 14.3 Å². The monoisotopic (exact) mass is 343 g/mol. The quantitative estimate of drug-likeness (QED) is 0.596. The van der Waals surface area contributed by atoms with E-state index in [9.17, 15) is 9.59 Å². The van der Waals surface area contributed by atoms with Gasteiger partial charge < -0.3 is 10.1 Å². The highest BCUT2D eigenvalue weighted by Crippen LogP contribution is 2.20. The van der Waals surface area contributed by atoms with Gasteiger partial charge in [0.25, 0.3) is 5.91 Å². The van der Waals surface area contributed by atoms with Crippen LogP contribution in [0, 0.1) is 0 Å². The van der Waals surface area contributed by atoms with Gasteiger partial charge >= 0.3 is 5.97 Å². The first kappa shape index (κ1) is 17.9. The van der Waals surface area contributed by atoms with Crippen molar-refractivity contribution in [2.75, 3.05) is 11.9 Å². The maximum absolute atomic E-state index is 11.8. The first-order valence-electron chi connectivity index (χ1n) is 7.85. The van der Waals surface area contributed by atoms with Gasteiger partial charge in [0.05, 0.1) is 0 Å². The van der Waals surface area contributed by atoms with Gasteiger partial charge in [0.2, 0.25) is 0 Å². The van der Waals surface area contributed by atoms with Crippen molar-refractivity contribution < 1.29 is 14.3 Å². The zero-order valence-electron chi connectivity index (χ0n) is 13.8. The van der Waals surface area contributed by atoms with Gasteiger partial charge in [-0.2, -0.15) is 11.3 Å². The third-order valence-corrected chi connectivity index (χ3v) is 4.38. The summed E-state index contributed by atoms with van der Waals surface area (Å²) in [6.07, 6.45) is 4.04. The van der Waals surface area contributed by atoms with Crippen LogP contribution in [0.2, 0.25) is 0 Å². The number of thiophene rings is 1. The summed E-state index contributed by atoms with van der Waals surface area (Å²) < 4.78 is 4.92. The van der Waals surface area contributed by atoms with E-state index in [4.69, 9.17) is 4.74 Å². The molecule has 0 unspecified atom stereocenters. The van der Waals surface area contributed by atoms with E-state index in [2.05, 4.69) is 19.2 Å². The van der Waals surface area contributed by atoms with Crippen LogP contribution in [0.3, 0.4) is 0 Å². The molecule has 2 rings (SSSR count). The minimum atomic E-state index is -0.538. The molecule has 0 spiro atoms. The molecule has 126 valence electrons. The van der Waals surface area contributed by atoms with Crippen LogP contribution in [0.5, 0.6) is 0 Å². The van der Waals surface area contributed by atoms with Crippen LogP contribution in [0.15, 0.2) is 47.2 Å². The molecule has 0 saturated carbocycles. The first-order chi connectivity index (χ1) is 11.6. The van der Waals surface area contributed by atoms with Gasteiger partial charge in [-0.05, 0) is 58.5 Å². The second-order valence-electron chi connectivity index (χ2n) is 5.48. The van der Waals surface area contributed by atoms with Crippen molar-refractivity contribution in [2.45, 2.75) is 26.2 Å². The number of anilines is 1. The minimum absolute atomic E-state index is 0.306. The zero-order chi connectivity index (χ0) is 17.4. The molecular formula is C19H21NO3S. The summed E-state index contributed by atoms with van der Waals surface area (Å²) in [7, 11) is 0. The van der Waals surface area contributed by atoms with Crippen LogP contribution >= 0.6 is 11.3 Å². The van der Waals surface area contributed by atoms with E-state index in [-0.39, 0.29) is 12.5 Å². The van der Waals surface area contributed by atoms with Crippen LogP contribution in [-0.4, -0.2) is 18.5 Å². The SMILES string of the molecule is CC[C@H](C)c1ccc(NC(=O)COC(=O)/C=C/c2ccsc2)cc1. The molecule has 2 aromatic rings. The van der Waals surface area contributed by atoms with Crippen LogP contribution in [0.1, 0.15) is 37.3 Å². The number of nitrogens with one attached hydrogen (secondary N) is 1. The van der Waals surface area contributed by atoms with Gasteiger partial charge in [0, 0.05) is 11.8 Å². The third-order valence-electron chi connectivity index (χ3n) is 3.68. The number of carbonyl (C=O) groups excluding carboxylic acids is 2. The molecule has 5 heteroatoms. The predicted octanol–water partition coefficient (Wildman–Crippen LogP) is 4.46. The highest BCUT2D eigenvalue weighted by Gasteiger charge is 2.07. The molecule has 0 radical (unpaired) electrons. The summed E-state index contributed by atoms with van der Waals surface area (Å²) in [6.45, 7) is 4.00. The molecular weight excluding hydrogens is 322 g/mol. The molecule has 0 aliphatic rings. The van der Waals surface area contributed by atoms with Gasteiger partial charge in [0.15, 0.2) is 6.61 Å². The normalized spacial score (nSPS) is 12.1. The Hall–Kier alpha value is -2.40. The molecule has 1 amide bonds. The lowest BCUT2D eigenvalue weighted by Gasteiger charge is -2.10. The molecule has 0 fully saturated rings. The Morgan fingerprint density at radius 3 is 2.62 bits per heavy atom. The summed E-state index contributed by atoms with van der Waals surface area (Å²) in [5.41, 5.74) is 2.86. The molecule has 1 aromatic carbocycles. The molecule has 1 heterocycles. The van der Waals surface area contributed by atoms with E-state index in [0.29, 0.717) is 11.6 Å². The number of esters is 1. The lowest BCUT2D eigenvalue weighted by molar-refractivity contribution is -0.142. The number of rotatable bonds is 7. The number of ether oxygens (including phenoxy) is 1. The standard InChI is InChI=1S/C19H21NO3S/c1-3-14(2)16-5-7-17(8-6-16)20-18(21)12-23-19(22)9-4-15-10-11-24-13-15/h4-11,13-14H,3,12H2,1-2H3,(H,20,21)/b9-4+/t14-/m0/s1. The maximum atomic E-state index is 11.8. The van der Waals surface area contributed by atoms with Gasteiger partial charge in [-0.1, -0.05) is 26.0 Å². The lowest BCUT2D eigenvalue weighted by atomic mass is 9.99.